The molecule has 4 bridgehead atoms. The van der Waals surface area contributed by atoms with E-state index >= 15 is 0 Å². The Labute approximate surface area is 199 Å². The second-order valence-corrected chi connectivity index (χ2v) is 12.4. The molecule has 0 aromatic carbocycles. The summed E-state index contributed by atoms with van der Waals surface area (Å²) in [5.41, 5.74) is 5.22. The van der Waals surface area contributed by atoms with Crippen molar-refractivity contribution in [2.45, 2.75) is 89.1 Å². The first-order valence-electron chi connectivity index (χ1n) is 13.5. The number of ether oxygens (including phenoxy) is 1. The maximum atomic E-state index is 12.4. The van der Waals surface area contributed by atoms with Gasteiger partial charge in [-0.1, -0.05) is 0 Å². The molecule has 1 aliphatic heterocycles. The van der Waals surface area contributed by atoms with Crippen LogP contribution in [0.1, 0.15) is 71.6 Å². The van der Waals surface area contributed by atoms with Gasteiger partial charge in [-0.25, -0.2) is 9.78 Å². The summed E-state index contributed by atoms with van der Waals surface area (Å²) in [6, 6.07) is 0. The Morgan fingerprint density at radius 3 is 2.03 bits per heavy atom. The lowest BCUT2D eigenvalue weighted by molar-refractivity contribution is -0.486. The van der Waals surface area contributed by atoms with E-state index in [0.717, 1.165) is 57.4 Å². The van der Waals surface area contributed by atoms with E-state index in [-0.39, 0.29) is 12.0 Å². The molecule has 5 aliphatic carbocycles. The molecule has 188 valence electrons. The molecule has 33 heavy (non-hydrogen) atoms. The zero-order valence-electron chi connectivity index (χ0n) is 21.0. The number of nitrogens with zero attached hydrogens (tertiary/aromatic N) is 2. The van der Waals surface area contributed by atoms with Gasteiger partial charge < -0.3 is 15.4 Å². The summed E-state index contributed by atoms with van der Waals surface area (Å²) in [5, 5.41) is 0. The van der Waals surface area contributed by atoms with E-state index in [1.165, 1.54) is 44.9 Å². The number of piperazine rings is 1. The van der Waals surface area contributed by atoms with Crippen molar-refractivity contribution in [3.63, 3.8) is 0 Å². The van der Waals surface area contributed by atoms with Crippen molar-refractivity contribution < 1.29 is 19.3 Å². The molecule has 1 saturated heterocycles. The normalized spacial score (nSPS) is 41.5. The standard InChI is InChI=1S/C26H45N3O4/c1-25(2,27)24(30)29-10-8-28(9-11-29)17-18-4-6-23(7-5-18)32-33-26(31-3)21-13-19-12-20(15-21)16-22(26)14-19/h18-23H,4-17,27H2,1-3H3/t18-,19?,20?,21?,22?,23+,26?. The summed E-state index contributed by atoms with van der Waals surface area (Å²) < 4.78 is 6.08. The van der Waals surface area contributed by atoms with Crippen LogP contribution in [-0.4, -0.2) is 73.0 Å². The Morgan fingerprint density at radius 1 is 0.939 bits per heavy atom. The molecule has 1 amide bonds. The molecule has 1 heterocycles. The van der Waals surface area contributed by atoms with E-state index in [1.807, 2.05) is 12.0 Å². The quantitative estimate of drug-likeness (QED) is 0.355. The minimum atomic E-state index is -0.777. The van der Waals surface area contributed by atoms with Crippen LogP contribution in [0.15, 0.2) is 0 Å². The summed E-state index contributed by atoms with van der Waals surface area (Å²) in [7, 11) is 1.82. The smallest absolute Gasteiger partial charge is 0.242 e. The molecule has 0 unspecified atom stereocenters. The molecule has 0 aromatic heterocycles. The minimum absolute atomic E-state index is 0.0628. The van der Waals surface area contributed by atoms with E-state index in [2.05, 4.69) is 4.90 Å². The summed E-state index contributed by atoms with van der Waals surface area (Å²) >= 11 is 0. The molecule has 7 nitrogen and oxygen atoms in total. The molecule has 0 radical (unpaired) electrons. The summed E-state index contributed by atoms with van der Waals surface area (Å²) in [4.78, 5) is 29.2. The van der Waals surface area contributed by atoms with Gasteiger partial charge >= 0.3 is 0 Å². The molecule has 2 N–H and O–H groups in total. The maximum Gasteiger partial charge on any atom is 0.242 e. The van der Waals surface area contributed by atoms with Crippen molar-refractivity contribution in [1.29, 1.82) is 0 Å². The van der Waals surface area contributed by atoms with Gasteiger partial charge in [0.2, 0.25) is 11.7 Å². The highest BCUT2D eigenvalue weighted by Crippen LogP contribution is 2.60. The molecule has 6 aliphatic rings. The van der Waals surface area contributed by atoms with Crippen molar-refractivity contribution in [2.24, 2.45) is 35.3 Å². The number of hydrogen-bond donors (Lipinski definition) is 1. The van der Waals surface area contributed by atoms with E-state index < -0.39 is 11.3 Å². The molecule has 6 fully saturated rings. The lowest BCUT2D eigenvalue weighted by Crippen LogP contribution is -2.60. The average Bonchev–Trinajstić information content (AvgIpc) is 2.79. The number of carbonyl (C=O) groups is 1. The van der Waals surface area contributed by atoms with Crippen molar-refractivity contribution in [3.05, 3.63) is 0 Å². The fraction of sp³-hybridized carbons (Fsp3) is 0.962. The molecule has 5 saturated carbocycles. The van der Waals surface area contributed by atoms with E-state index in [1.54, 1.807) is 13.8 Å². The first-order chi connectivity index (χ1) is 15.8. The van der Waals surface area contributed by atoms with E-state index in [4.69, 9.17) is 20.2 Å². The Balaban J connectivity index is 1.04. The number of rotatable bonds is 7. The van der Waals surface area contributed by atoms with Gasteiger partial charge in [0.1, 0.15) is 0 Å². The lowest BCUT2D eigenvalue weighted by atomic mass is 9.53. The van der Waals surface area contributed by atoms with E-state index in [0.29, 0.717) is 17.8 Å². The van der Waals surface area contributed by atoms with Crippen LogP contribution in [0.25, 0.3) is 0 Å². The van der Waals surface area contributed by atoms with Gasteiger partial charge in [-0.3, -0.25) is 9.69 Å². The topological polar surface area (TPSA) is 77.3 Å². The number of carbonyl (C=O) groups excluding carboxylic acids is 1. The Morgan fingerprint density at radius 2 is 1.52 bits per heavy atom. The highest BCUT2D eigenvalue weighted by molar-refractivity contribution is 5.85. The lowest BCUT2D eigenvalue weighted by Gasteiger charge is -2.58. The van der Waals surface area contributed by atoms with Gasteiger partial charge in [-0.2, -0.15) is 0 Å². The molecular weight excluding hydrogens is 418 g/mol. The number of nitrogens with two attached hydrogens (primary N) is 1. The third-order valence-electron chi connectivity index (χ3n) is 9.43. The largest absolute Gasteiger partial charge is 0.350 e. The molecule has 0 aromatic rings. The third-order valence-corrected chi connectivity index (χ3v) is 9.43. The molecule has 6 rings (SSSR count). The summed E-state index contributed by atoms with van der Waals surface area (Å²) in [5.74, 6) is 3.05. The fourth-order valence-corrected chi connectivity index (χ4v) is 7.80. The zero-order chi connectivity index (χ0) is 23.2. The van der Waals surface area contributed by atoms with Crippen molar-refractivity contribution in [3.8, 4) is 0 Å². The predicted octanol–water partition coefficient (Wildman–Crippen LogP) is 3.17. The third kappa shape index (κ3) is 4.86. The number of amides is 1. The summed E-state index contributed by atoms with van der Waals surface area (Å²) in [6.07, 6.45) is 11.1. The Kier molecular flexibility index (Phi) is 6.82. The maximum absolute atomic E-state index is 12.4. The monoisotopic (exact) mass is 463 g/mol. The Hall–Kier alpha value is -0.730. The first kappa shape index (κ1) is 24.0. The van der Waals surface area contributed by atoms with Crippen LogP contribution in [0.4, 0.5) is 0 Å². The van der Waals surface area contributed by atoms with Gasteiger partial charge in [-0.05, 0) is 89.4 Å². The molecule has 7 heteroatoms. The van der Waals surface area contributed by atoms with Crippen LogP contribution < -0.4 is 5.73 Å². The number of hydrogen-bond acceptors (Lipinski definition) is 6. The predicted molar refractivity (Wildman–Crippen MR) is 126 cm³/mol. The minimum Gasteiger partial charge on any atom is -0.350 e. The van der Waals surface area contributed by atoms with Crippen LogP contribution in [0.5, 0.6) is 0 Å². The summed E-state index contributed by atoms with van der Waals surface area (Å²) in [6.45, 7) is 8.18. The van der Waals surface area contributed by atoms with Crippen LogP contribution >= 0.6 is 0 Å². The van der Waals surface area contributed by atoms with Gasteiger partial charge in [0.15, 0.2) is 0 Å². The Bertz CT molecular complexity index is 664. The van der Waals surface area contributed by atoms with E-state index in [9.17, 15) is 4.79 Å². The van der Waals surface area contributed by atoms with Gasteiger partial charge in [-0.15, -0.1) is 0 Å². The molecule has 0 spiro atoms. The number of methoxy groups -OCH3 is 1. The zero-order valence-corrected chi connectivity index (χ0v) is 21.0. The van der Waals surface area contributed by atoms with Crippen molar-refractivity contribution in [2.75, 3.05) is 39.8 Å². The SMILES string of the molecule is COC1(OO[C@H]2CC[C@@H](CN3CCN(C(=O)C(C)(C)N)CC3)CC2)C2CC3CC(C2)CC1C3. The van der Waals surface area contributed by atoms with Crippen LogP contribution in [0.3, 0.4) is 0 Å². The molecule has 0 atom stereocenters. The van der Waals surface area contributed by atoms with Crippen molar-refractivity contribution >= 4 is 5.91 Å². The fourth-order valence-electron chi connectivity index (χ4n) is 7.80. The first-order valence-corrected chi connectivity index (χ1v) is 13.5. The van der Waals surface area contributed by atoms with Gasteiger partial charge in [0, 0.05) is 51.7 Å². The van der Waals surface area contributed by atoms with Crippen LogP contribution in [-0.2, 0) is 19.3 Å². The second kappa shape index (κ2) is 9.38. The highest BCUT2D eigenvalue weighted by atomic mass is 17.2. The van der Waals surface area contributed by atoms with Crippen LogP contribution in [0.2, 0.25) is 0 Å². The second-order valence-electron chi connectivity index (χ2n) is 12.4. The van der Waals surface area contributed by atoms with Gasteiger partial charge in [0.05, 0.1) is 11.6 Å². The van der Waals surface area contributed by atoms with Gasteiger partial charge in [0.25, 0.3) is 0 Å². The molecular formula is C26H45N3O4. The van der Waals surface area contributed by atoms with Crippen molar-refractivity contribution in [1.82, 2.24) is 9.80 Å². The average molecular weight is 464 g/mol. The van der Waals surface area contributed by atoms with Crippen LogP contribution in [0, 0.1) is 29.6 Å². The highest BCUT2D eigenvalue weighted by Gasteiger charge is 2.60.